The van der Waals surface area contributed by atoms with Gasteiger partial charge in [0.15, 0.2) is 0 Å². The second-order valence-corrected chi connectivity index (χ2v) is 5.32. The Morgan fingerprint density at radius 2 is 2.00 bits per heavy atom. The predicted molar refractivity (Wildman–Crippen MR) is 64.6 cm³/mol. The summed E-state index contributed by atoms with van der Waals surface area (Å²) in [7, 11) is 1.69. The fourth-order valence-electron chi connectivity index (χ4n) is 1.64. The molecule has 0 aliphatic heterocycles. The molecule has 0 spiro atoms. The highest BCUT2D eigenvalue weighted by Crippen LogP contribution is 2.16. The van der Waals surface area contributed by atoms with Gasteiger partial charge in [-0.3, -0.25) is 9.69 Å². The molecule has 0 aliphatic rings. The molecule has 1 unspecified atom stereocenters. The van der Waals surface area contributed by atoms with Crippen molar-refractivity contribution in [3.8, 4) is 0 Å². The third-order valence-corrected chi connectivity index (χ3v) is 2.53. The highest BCUT2D eigenvalue weighted by Gasteiger charge is 2.23. The van der Waals surface area contributed by atoms with Gasteiger partial charge in [0, 0.05) is 32.3 Å². The Kier molecular flexibility index (Phi) is 6.60. The van der Waals surface area contributed by atoms with Crippen molar-refractivity contribution in [3.63, 3.8) is 0 Å². The molecule has 0 aromatic heterocycles. The largest absolute Gasteiger partial charge is 0.481 e. The molecule has 0 bridgehead atoms. The van der Waals surface area contributed by atoms with Crippen molar-refractivity contribution in [3.05, 3.63) is 0 Å². The number of rotatable bonds is 7. The summed E-state index contributed by atoms with van der Waals surface area (Å²) in [6.07, 6.45) is 0.191. The number of carbonyl (C=O) groups is 1. The van der Waals surface area contributed by atoms with Gasteiger partial charge in [0.25, 0.3) is 0 Å². The fourth-order valence-corrected chi connectivity index (χ4v) is 1.64. The van der Waals surface area contributed by atoms with Crippen molar-refractivity contribution in [2.24, 2.45) is 5.92 Å². The third-order valence-electron chi connectivity index (χ3n) is 2.53. The van der Waals surface area contributed by atoms with Crippen LogP contribution in [-0.4, -0.2) is 48.3 Å². The van der Waals surface area contributed by atoms with Crippen LogP contribution in [0.1, 0.15) is 34.1 Å². The Morgan fingerprint density at radius 3 is 2.38 bits per heavy atom. The van der Waals surface area contributed by atoms with Gasteiger partial charge in [0.1, 0.15) is 0 Å². The van der Waals surface area contributed by atoms with E-state index in [0.717, 1.165) is 6.54 Å². The first-order valence-corrected chi connectivity index (χ1v) is 5.73. The third kappa shape index (κ3) is 6.80. The van der Waals surface area contributed by atoms with Crippen LogP contribution in [0.4, 0.5) is 0 Å². The highest BCUT2D eigenvalue weighted by molar-refractivity contribution is 5.66. The van der Waals surface area contributed by atoms with Gasteiger partial charge >= 0.3 is 5.97 Å². The summed E-state index contributed by atoms with van der Waals surface area (Å²) in [6.45, 7) is 10.6. The quantitative estimate of drug-likeness (QED) is 0.726. The number of hydrogen-bond donors (Lipinski definition) is 1. The lowest BCUT2D eigenvalue weighted by Crippen LogP contribution is -2.45. The summed E-state index contributed by atoms with van der Waals surface area (Å²) in [5, 5.41) is 8.71. The van der Waals surface area contributed by atoms with E-state index in [2.05, 4.69) is 32.6 Å². The molecule has 4 nitrogen and oxygen atoms in total. The monoisotopic (exact) mass is 231 g/mol. The number of nitrogens with zero attached hydrogens (tertiary/aromatic N) is 1. The lowest BCUT2D eigenvalue weighted by Gasteiger charge is -2.37. The summed E-state index contributed by atoms with van der Waals surface area (Å²) < 4.78 is 5.10. The summed E-state index contributed by atoms with van der Waals surface area (Å²) >= 11 is 0. The normalized spacial score (nSPS) is 14.1. The van der Waals surface area contributed by atoms with E-state index in [9.17, 15) is 4.79 Å². The SMILES string of the molecule is COCC(C)CN(CCC(=O)O)C(C)(C)C. The number of hydrogen-bond acceptors (Lipinski definition) is 3. The molecule has 0 fully saturated rings. The maximum absolute atomic E-state index is 10.6. The number of methoxy groups -OCH3 is 1. The van der Waals surface area contributed by atoms with Gasteiger partial charge in [-0.15, -0.1) is 0 Å². The van der Waals surface area contributed by atoms with Gasteiger partial charge in [-0.25, -0.2) is 0 Å². The summed E-state index contributed by atoms with van der Waals surface area (Å²) in [4.78, 5) is 12.8. The molecule has 0 aliphatic carbocycles. The van der Waals surface area contributed by atoms with E-state index in [4.69, 9.17) is 9.84 Å². The van der Waals surface area contributed by atoms with Crippen molar-refractivity contribution >= 4 is 5.97 Å². The number of ether oxygens (including phenoxy) is 1. The molecule has 4 heteroatoms. The van der Waals surface area contributed by atoms with Crippen LogP contribution in [0.2, 0.25) is 0 Å². The van der Waals surface area contributed by atoms with Crippen LogP contribution in [0.15, 0.2) is 0 Å². The number of aliphatic carboxylic acids is 1. The van der Waals surface area contributed by atoms with Crippen molar-refractivity contribution in [2.45, 2.75) is 39.7 Å². The van der Waals surface area contributed by atoms with Gasteiger partial charge in [0.05, 0.1) is 6.42 Å². The van der Waals surface area contributed by atoms with E-state index < -0.39 is 5.97 Å². The Balaban J connectivity index is 4.27. The molecule has 0 radical (unpaired) electrons. The van der Waals surface area contributed by atoms with Crippen molar-refractivity contribution in [2.75, 3.05) is 26.8 Å². The van der Waals surface area contributed by atoms with Crippen molar-refractivity contribution in [1.82, 2.24) is 4.90 Å². The molecule has 0 aromatic rings. The second kappa shape index (κ2) is 6.86. The molecule has 0 amide bonds. The molecular formula is C12H25NO3. The van der Waals surface area contributed by atoms with Crippen LogP contribution in [0.5, 0.6) is 0 Å². The van der Waals surface area contributed by atoms with E-state index in [0.29, 0.717) is 19.1 Å². The molecule has 1 atom stereocenters. The van der Waals surface area contributed by atoms with Gasteiger partial charge < -0.3 is 9.84 Å². The predicted octanol–water partition coefficient (Wildman–Crippen LogP) is 1.84. The average molecular weight is 231 g/mol. The van der Waals surface area contributed by atoms with Gasteiger partial charge in [0.2, 0.25) is 0 Å². The van der Waals surface area contributed by atoms with Crippen LogP contribution < -0.4 is 0 Å². The van der Waals surface area contributed by atoms with Gasteiger partial charge in [-0.1, -0.05) is 6.92 Å². The first-order chi connectivity index (χ1) is 7.27. The van der Waals surface area contributed by atoms with Gasteiger partial charge in [-0.2, -0.15) is 0 Å². The van der Waals surface area contributed by atoms with E-state index in [1.54, 1.807) is 7.11 Å². The topological polar surface area (TPSA) is 49.8 Å². The molecule has 16 heavy (non-hydrogen) atoms. The molecule has 0 saturated heterocycles. The average Bonchev–Trinajstić information content (AvgIpc) is 2.10. The lowest BCUT2D eigenvalue weighted by atomic mass is 10.0. The standard InChI is InChI=1S/C12H25NO3/c1-10(9-16-5)8-13(12(2,3)4)7-6-11(14)15/h10H,6-9H2,1-5H3,(H,14,15). The number of carboxylic acid groups (broad SMARTS) is 1. The zero-order valence-corrected chi connectivity index (χ0v) is 11.1. The number of carboxylic acids is 1. The first kappa shape index (κ1) is 15.4. The molecule has 1 N–H and O–H groups in total. The molecule has 0 saturated carbocycles. The van der Waals surface area contributed by atoms with E-state index in [-0.39, 0.29) is 12.0 Å². The summed E-state index contributed by atoms with van der Waals surface area (Å²) in [5.41, 5.74) is -0.00253. The molecule has 0 aromatic carbocycles. The Morgan fingerprint density at radius 1 is 1.44 bits per heavy atom. The Hall–Kier alpha value is -0.610. The van der Waals surface area contributed by atoms with Crippen LogP contribution in [-0.2, 0) is 9.53 Å². The lowest BCUT2D eigenvalue weighted by molar-refractivity contribution is -0.137. The maximum Gasteiger partial charge on any atom is 0.304 e. The van der Waals surface area contributed by atoms with Crippen LogP contribution in [0.3, 0.4) is 0 Å². The zero-order chi connectivity index (χ0) is 12.8. The molecular weight excluding hydrogens is 206 g/mol. The van der Waals surface area contributed by atoms with Crippen LogP contribution in [0.25, 0.3) is 0 Å². The summed E-state index contributed by atoms with van der Waals surface area (Å²) in [5.74, 6) is -0.327. The van der Waals surface area contributed by atoms with E-state index in [1.807, 2.05) is 0 Å². The minimum atomic E-state index is -0.742. The smallest absolute Gasteiger partial charge is 0.304 e. The zero-order valence-electron chi connectivity index (χ0n) is 11.1. The van der Waals surface area contributed by atoms with Crippen molar-refractivity contribution < 1.29 is 14.6 Å². The van der Waals surface area contributed by atoms with Crippen molar-refractivity contribution in [1.29, 1.82) is 0 Å². The minimum absolute atomic E-state index is 0.00253. The molecule has 0 heterocycles. The van der Waals surface area contributed by atoms with Crippen LogP contribution in [0, 0.1) is 5.92 Å². The van der Waals surface area contributed by atoms with E-state index in [1.165, 1.54) is 0 Å². The Labute approximate surface area is 98.6 Å². The molecule has 96 valence electrons. The second-order valence-electron chi connectivity index (χ2n) is 5.32. The first-order valence-electron chi connectivity index (χ1n) is 5.73. The maximum atomic E-state index is 10.6. The highest BCUT2D eigenvalue weighted by atomic mass is 16.5. The summed E-state index contributed by atoms with van der Waals surface area (Å²) in [6, 6.07) is 0. The minimum Gasteiger partial charge on any atom is -0.481 e. The fraction of sp³-hybridized carbons (Fsp3) is 0.917. The van der Waals surface area contributed by atoms with E-state index >= 15 is 0 Å². The Bertz CT molecular complexity index is 211. The van der Waals surface area contributed by atoms with Gasteiger partial charge in [-0.05, 0) is 26.7 Å². The molecule has 0 rings (SSSR count). The van der Waals surface area contributed by atoms with Crippen LogP contribution >= 0.6 is 0 Å².